The Labute approximate surface area is 89.3 Å². The zero-order chi connectivity index (χ0) is 11.6. The Morgan fingerprint density at radius 2 is 1.93 bits per heavy atom. The molecule has 0 bridgehead atoms. The highest BCUT2D eigenvalue weighted by atomic mass is 32.2. The first-order chi connectivity index (χ1) is 6.88. The molecule has 0 fully saturated rings. The highest BCUT2D eigenvalue weighted by Crippen LogP contribution is 2.10. The standard InChI is InChI=1S/C10H15NO3S/c1-4-5-15(13,14)9-6-7(2)8(3)11-10(9)12/h6H,4-5H2,1-3H3,(H,11,12). The molecule has 1 aromatic rings. The van der Waals surface area contributed by atoms with Crippen LogP contribution in [0.4, 0.5) is 0 Å². The summed E-state index contributed by atoms with van der Waals surface area (Å²) in [5, 5.41) is 0. The second-order valence-corrected chi connectivity index (χ2v) is 5.67. The van der Waals surface area contributed by atoms with Crippen LogP contribution in [0.1, 0.15) is 24.6 Å². The van der Waals surface area contributed by atoms with Gasteiger partial charge < -0.3 is 4.98 Å². The van der Waals surface area contributed by atoms with E-state index >= 15 is 0 Å². The topological polar surface area (TPSA) is 67.0 Å². The highest BCUT2D eigenvalue weighted by Gasteiger charge is 2.18. The second kappa shape index (κ2) is 4.18. The summed E-state index contributed by atoms with van der Waals surface area (Å²) in [5.41, 5.74) is 0.964. The van der Waals surface area contributed by atoms with Gasteiger partial charge in [0.15, 0.2) is 9.84 Å². The molecule has 0 aliphatic heterocycles. The summed E-state index contributed by atoms with van der Waals surface area (Å²) in [7, 11) is -3.42. The lowest BCUT2D eigenvalue weighted by molar-refractivity contribution is 0.593. The number of nitrogens with one attached hydrogen (secondary N) is 1. The first-order valence-corrected chi connectivity index (χ1v) is 6.47. The van der Waals surface area contributed by atoms with Gasteiger partial charge in [0.2, 0.25) is 0 Å². The van der Waals surface area contributed by atoms with E-state index in [2.05, 4.69) is 4.98 Å². The summed E-state index contributed by atoms with van der Waals surface area (Å²) in [6.07, 6.45) is 0.509. The molecule has 1 heterocycles. The molecule has 1 N–H and O–H groups in total. The maximum atomic E-state index is 11.7. The van der Waals surface area contributed by atoms with Gasteiger partial charge in [-0.3, -0.25) is 4.79 Å². The predicted molar refractivity (Wildman–Crippen MR) is 58.9 cm³/mol. The first-order valence-electron chi connectivity index (χ1n) is 4.81. The average Bonchev–Trinajstić information content (AvgIpc) is 2.11. The van der Waals surface area contributed by atoms with Crippen molar-refractivity contribution in [3.8, 4) is 0 Å². The van der Waals surface area contributed by atoms with Gasteiger partial charge in [0, 0.05) is 5.69 Å². The molecular formula is C10H15NO3S. The van der Waals surface area contributed by atoms with Crippen molar-refractivity contribution in [3.63, 3.8) is 0 Å². The van der Waals surface area contributed by atoms with E-state index in [0.29, 0.717) is 12.1 Å². The maximum absolute atomic E-state index is 11.7. The minimum absolute atomic E-state index is 0.0125. The Hall–Kier alpha value is -1.10. The maximum Gasteiger partial charge on any atom is 0.266 e. The number of pyridine rings is 1. The first kappa shape index (κ1) is 12.0. The van der Waals surface area contributed by atoms with Gasteiger partial charge in [-0.1, -0.05) is 6.92 Å². The zero-order valence-corrected chi connectivity index (χ0v) is 9.94. The number of H-pyrrole nitrogens is 1. The quantitative estimate of drug-likeness (QED) is 0.846. The summed E-state index contributed by atoms with van der Waals surface area (Å²) in [6, 6.07) is 1.44. The summed E-state index contributed by atoms with van der Waals surface area (Å²) in [5.74, 6) is 0.0125. The second-order valence-electron chi connectivity index (χ2n) is 3.59. The average molecular weight is 229 g/mol. The van der Waals surface area contributed by atoms with Crippen LogP contribution in [0, 0.1) is 13.8 Å². The third-order valence-corrected chi connectivity index (χ3v) is 4.19. The van der Waals surface area contributed by atoms with Crippen LogP contribution in [-0.2, 0) is 9.84 Å². The molecule has 0 saturated heterocycles. The number of rotatable bonds is 3. The van der Waals surface area contributed by atoms with Gasteiger partial charge in [-0.2, -0.15) is 0 Å². The lowest BCUT2D eigenvalue weighted by atomic mass is 10.2. The van der Waals surface area contributed by atoms with Gasteiger partial charge in [-0.15, -0.1) is 0 Å². The van der Waals surface area contributed by atoms with Crippen LogP contribution in [0.15, 0.2) is 15.8 Å². The number of aryl methyl sites for hydroxylation is 2. The zero-order valence-electron chi connectivity index (χ0n) is 9.12. The summed E-state index contributed by atoms with van der Waals surface area (Å²) < 4.78 is 23.4. The molecule has 5 heteroatoms. The molecule has 0 unspecified atom stereocenters. The van der Waals surface area contributed by atoms with Crippen LogP contribution in [-0.4, -0.2) is 19.2 Å². The van der Waals surface area contributed by atoms with Crippen molar-refractivity contribution in [2.24, 2.45) is 0 Å². The van der Waals surface area contributed by atoms with E-state index in [0.717, 1.165) is 5.56 Å². The van der Waals surface area contributed by atoms with E-state index in [1.165, 1.54) is 6.07 Å². The Bertz CT molecular complexity index is 514. The highest BCUT2D eigenvalue weighted by molar-refractivity contribution is 7.91. The Balaban J connectivity index is 3.40. The fourth-order valence-corrected chi connectivity index (χ4v) is 2.76. The van der Waals surface area contributed by atoms with Crippen LogP contribution in [0.2, 0.25) is 0 Å². The molecular weight excluding hydrogens is 214 g/mol. The van der Waals surface area contributed by atoms with Crippen molar-refractivity contribution in [3.05, 3.63) is 27.7 Å². The fraction of sp³-hybridized carbons (Fsp3) is 0.500. The molecule has 84 valence electrons. The van der Waals surface area contributed by atoms with E-state index in [-0.39, 0.29) is 10.6 Å². The Morgan fingerprint density at radius 3 is 2.47 bits per heavy atom. The Kier molecular flexibility index (Phi) is 3.34. The monoisotopic (exact) mass is 229 g/mol. The lowest BCUT2D eigenvalue weighted by Crippen LogP contribution is -2.20. The molecule has 0 radical (unpaired) electrons. The number of aromatic amines is 1. The Morgan fingerprint density at radius 1 is 1.33 bits per heavy atom. The van der Waals surface area contributed by atoms with Gasteiger partial charge in [0.05, 0.1) is 5.75 Å². The number of aromatic nitrogens is 1. The van der Waals surface area contributed by atoms with E-state index in [9.17, 15) is 13.2 Å². The van der Waals surface area contributed by atoms with Crippen molar-refractivity contribution < 1.29 is 8.42 Å². The molecule has 0 spiro atoms. The van der Waals surface area contributed by atoms with Crippen molar-refractivity contribution >= 4 is 9.84 Å². The minimum Gasteiger partial charge on any atom is -0.325 e. The van der Waals surface area contributed by atoms with E-state index in [1.54, 1.807) is 20.8 Å². The summed E-state index contributed by atoms with van der Waals surface area (Å²) >= 11 is 0. The third kappa shape index (κ3) is 2.47. The van der Waals surface area contributed by atoms with E-state index in [1.807, 2.05) is 0 Å². The van der Waals surface area contributed by atoms with E-state index in [4.69, 9.17) is 0 Å². The van der Waals surface area contributed by atoms with Crippen LogP contribution >= 0.6 is 0 Å². The van der Waals surface area contributed by atoms with Gasteiger partial charge >= 0.3 is 0 Å². The van der Waals surface area contributed by atoms with Crippen LogP contribution in [0.5, 0.6) is 0 Å². The molecule has 0 amide bonds. The van der Waals surface area contributed by atoms with Crippen molar-refractivity contribution in [1.29, 1.82) is 0 Å². The molecule has 1 aromatic heterocycles. The molecule has 1 rings (SSSR count). The molecule has 0 aliphatic carbocycles. The molecule has 0 atom stereocenters. The summed E-state index contributed by atoms with van der Waals surface area (Å²) in [4.78, 5) is 13.9. The van der Waals surface area contributed by atoms with Gasteiger partial charge in [-0.25, -0.2) is 8.42 Å². The number of sulfone groups is 1. The molecule has 0 aliphatic rings. The van der Waals surface area contributed by atoms with Crippen molar-refractivity contribution in [2.45, 2.75) is 32.1 Å². The van der Waals surface area contributed by atoms with E-state index < -0.39 is 15.4 Å². The van der Waals surface area contributed by atoms with Crippen molar-refractivity contribution in [1.82, 2.24) is 4.98 Å². The van der Waals surface area contributed by atoms with Crippen LogP contribution < -0.4 is 5.56 Å². The smallest absolute Gasteiger partial charge is 0.266 e. The molecule has 0 saturated carbocycles. The number of hydrogen-bond donors (Lipinski definition) is 1. The van der Waals surface area contributed by atoms with Gasteiger partial charge in [0.25, 0.3) is 5.56 Å². The SMILES string of the molecule is CCCS(=O)(=O)c1cc(C)c(C)[nH]c1=O. The normalized spacial score (nSPS) is 11.7. The lowest BCUT2D eigenvalue weighted by Gasteiger charge is -2.04. The number of hydrogen-bond acceptors (Lipinski definition) is 3. The predicted octanol–water partition coefficient (Wildman–Crippen LogP) is 1.18. The van der Waals surface area contributed by atoms with Gasteiger partial charge in [-0.05, 0) is 31.9 Å². The molecule has 0 aromatic carbocycles. The summed E-state index contributed by atoms with van der Waals surface area (Å²) in [6.45, 7) is 5.29. The van der Waals surface area contributed by atoms with Crippen LogP contribution in [0.3, 0.4) is 0 Å². The molecule has 4 nitrogen and oxygen atoms in total. The largest absolute Gasteiger partial charge is 0.325 e. The molecule has 15 heavy (non-hydrogen) atoms. The minimum atomic E-state index is -3.42. The third-order valence-electron chi connectivity index (χ3n) is 2.27. The fourth-order valence-electron chi connectivity index (χ4n) is 1.31. The van der Waals surface area contributed by atoms with Crippen molar-refractivity contribution in [2.75, 3.05) is 5.75 Å². The van der Waals surface area contributed by atoms with Gasteiger partial charge in [0.1, 0.15) is 4.90 Å². The van der Waals surface area contributed by atoms with Crippen LogP contribution in [0.25, 0.3) is 0 Å².